The Balaban J connectivity index is 2.07. The molecule has 0 radical (unpaired) electrons. The van der Waals surface area contributed by atoms with E-state index in [1.165, 1.54) is 12.8 Å². The third kappa shape index (κ3) is 4.33. The highest BCUT2D eigenvalue weighted by atomic mass is 32.2. The zero-order valence-electron chi connectivity index (χ0n) is 8.50. The highest BCUT2D eigenvalue weighted by molar-refractivity contribution is 8.00. The molecule has 1 aliphatic heterocycles. The third-order valence-electron chi connectivity index (χ3n) is 2.36. The van der Waals surface area contributed by atoms with E-state index >= 15 is 0 Å². The van der Waals surface area contributed by atoms with Gasteiger partial charge in [0.25, 0.3) is 0 Å². The summed E-state index contributed by atoms with van der Waals surface area (Å²) in [5, 5.41) is 11.7. The number of unbranched alkanes of at least 4 members (excludes halogenated alkanes) is 1. The standard InChI is InChI=1S/C10H19NO2S/c12-7-3-2-6-11-10(13)9-5-1-4-8-14-9/h9,12H,1-8H2,(H,11,13). The van der Waals surface area contributed by atoms with Crippen LogP contribution in [0.4, 0.5) is 0 Å². The Morgan fingerprint density at radius 1 is 1.43 bits per heavy atom. The fourth-order valence-corrected chi connectivity index (χ4v) is 2.73. The molecule has 1 saturated heterocycles. The first kappa shape index (κ1) is 11.9. The average molecular weight is 217 g/mol. The van der Waals surface area contributed by atoms with E-state index < -0.39 is 0 Å². The van der Waals surface area contributed by atoms with Gasteiger partial charge in [-0.2, -0.15) is 0 Å². The molecule has 14 heavy (non-hydrogen) atoms. The molecule has 1 amide bonds. The fraction of sp³-hybridized carbons (Fsp3) is 0.900. The van der Waals surface area contributed by atoms with Crippen LogP contribution in [0.15, 0.2) is 0 Å². The summed E-state index contributed by atoms with van der Waals surface area (Å²) >= 11 is 1.77. The Hall–Kier alpha value is -0.220. The monoisotopic (exact) mass is 217 g/mol. The smallest absolute Gasteiger partial charge is 0.233 e. The average Bonchev–Trinajstić information content (AvgIpc) is 2.25. The number of hydrogen-bond donors (Lipinski definition) is 2. The van der Waals surface area contributed by atoms with Crippen molar-refractivity contribution in [3.63, 3.8) is 0 Å². The van der Waals surface area contributed by atoms with Crippen molar-refractivity contribution in [1.29, 1.82) is 0 Å². The second-order valence-electron chi connectivity index (χ2n) is 3.58. The van der Waals surface area contributed by atoms with E-state index in [2.05, 4.69) is 5.32 Å². The summed E-state index contributed by atoms with van der Waals surface area (Å²) in [5.74, 6) is 1.31. The molecule has 0 aromatic heterocycles. The molecule has 1 atom stereocenters. The molecule has 0 spiro atoms. The molecular formula is C10H19NO2S. The molecule has 4 heteroatoms. The van der Waals surface area contributed by atoms with Gasteiger partial charge in [-0.15, -0.1) is 11.8 Å². The molecule has 2 N–H and O–H groups in total. The van der Waals surface area contributed by atoms with E-state index in [1.807, 2.05) is 0 Å². The predicted molar refractivity (Wildman–Crippen MR) is 59.4 cm³/mol. The van der Waals surface area contributed by atoms with Crippen LogP contribution in [0.3, 0.4) is 0 Å². The van der Waals surface area contributed by atoms with E-state index in [4.69, 9.17) is 5.11 Å². The largest absolute Gasteiger partial charge is 0.396 e. The number of amides is 1. The maximum atomic E-state index is 11.6. The number of aliphatic hydroxyl groups excluding tert-OH is 1. The number of carbonyl (C=O) groups excluding carboxylic acids is 1. The molecule has 1 unspecified atom stereocenters. The van der Waals surface area contributed by atoms with Gasteiger partial charge in [-0.1, -0.05) is 6.42 Å². The number of carbonyl (C=O) groups is 1. The van der Waals surface area contributed by atoms with E-state index in [-0.39, 0.29) is 17.8 Å². The molecule has 0 saturated carbocycles. The van der Waals surface area contributed by atoms with Crippen LogP contribution >= 0.6 is 11.8 Å². The summed E-state index contributed by atoms with van der Waals surface area (Å²) in [6.45, 7) is 0.921. The van der Waals surface area contributed by atoms with Crippen LogP contribution < -0.4 is 5.32 Å². The van der Waals surface area contributed by atoms with Crippen molar-refractivity contribution in [3.8, 4) is 0 Å². The molecule has 1 rings (SSSR count). The first-order valence-corrected chi connectivity index (χ1v) is 6.39. The van der Waals surface area contributed by atoms with E-state index in [0.29, 0.717) is 6.54 Å². The summed E-state index contributed by atoms with van der Waals surface area (Å²) in [6.07, 6.45) is 5.11. The second-order valence-corrected chi connectivity index (χ2v) is 4.89. The summed E-state index contributed by atoms with van der Waals surface area (Å²) in [6, 6.07) is 0. The third-order valence-corrected chi connectivity index (χ3v) is 3.73. The molecule has 0 bridgehead atoms. The Morgan fingerprint density at radius 3 is 2.93 bits per heavy atom. The lowest BCUT2D eigenvalue weighted by molar-refractivity contribution is -0.120. The summed E-state index contributed by atoms with van der Waals surface area (Å²) in [7, 11) is 0. The zero-order valence-corrected chi connectivity index (χ0v) is 9.31. The SMILES string of the molecule is O=C(NCCCCO)C1CCCCS1. The molecule has 3 nitrogen and oxygen atoms in total. The Kier molecular flexibility index (Phi) is 6.03. The summed E-state index contributed by atoms with van der Waals surface area (Å²) < 4.78 is 0. The minimum absolute atomic E-state index is 0.179. The molecule has 0 aromatic carbocycles. The van der Waals surface area contributed by atoms with Crippen molar-refractivity contribution in [1.82, 2.24) is 5.32 Å². The van der Waals surface area contributed by atoms with Gasteiger partial charge in [0.15, 0.2) is 0 Å². The van der Waals surface area contributed by atoms with Crippen LogP contribution in [0.1, 0.15) is 32.1 Å². The predicted octanol–water partition coefficient (Wildman–Crippen LogP) is 1.16. The Labute approximate surface area is 89.6 Å². The molecule has 82 valence electrons. The minimum Gasteiger partial charge on any atom is -0.396 e. The maximum absolute atomic E-state index is 11.6. The normalized spacial score (nSPS) is 21.9. The van der Waals surface area contributed by atoms with Crippen LogP contribution in [-0.4, -0.2) is 35.2 Å². The Bertz CT molecular complexity index is 170. The zero-order chi connectivity index (χ0) is 10.2. The van der Waals surface area contributed by atoms with Gasteiger partial charge in [0.1, 0.15) is 0 Å². The van der Waals surface area contributed by atoms with Crippen molar-refractivity contribution in [3.05, 3.63) is 0 Å². The van der Waals surface area contributed by atoms with Crippen molar-refractivity contribution in [2.45, 2.75) is 37.4 Å². The number of nitrogens with one attached hydrogen (secondary N) is 1. The van der Waals surface area contributed by atoms with Crippen molar-refractivity contribution < 1.29 is 9.90 Å². The lowest BCUT2D eigenvalue weighted by atomic mass is 10.2. The van der Waals surface area contributed by atoms with Crippen molar-refractivity contribution in [2.75, 3.05) is 18.9 Å². The molecule has 1 heterocycles. The topological polar surface area (TPSA) is 49.3 Å². The minimum atomic E-state index is 0.179. The van der Waals surface area contributed by atoms with Gasteiger partial charge < -0.3 is 10.4 Å². The van der Waals surface area contributed by atoms with Crippen molar-refractivity contribution >= 4 is 17.7 Å². The number of thioether (sulfide) groups is 1. The lowest BCUT2D eigenvalue weighted by Crippen LogP contribution is -2.34. The van der Waals surface area contributed by atoms with Gasteiger partial charge in [0.05, 0.1) is 5.25 Å². The molecular weight excluding hydrogens is 198 g/mol. The van der Waals surface area contributed by atoms with E-state index in [1.54, 1.807) is 11.8 Å². The second kappa shape index (κ2) is 7.12. The molecule has 0 aromatic rings. The number of aliphatic hydroxyl groups is 1. The lowest BCUT2D eigenvalue weighted by Gasteiger charge is -2.20. The quantitative estimate of drug-likeness (QED) is 0.679. The van der Waals surface area contributed by atoms with Crippen LogP contribution in [0, 0.1) is 0 Å². The summed E-state index contributed by atoms with van der Waals surface area (Å²) in [4.78, 5) is 11.6. The number of rotatable bonds is 5. The first-order valence-electron chi connectivity index (χ1n) is 5.35. The van der Waals surface area contributed by atoms with Crippen LogP contribution in [0.25, 0.3) is 0 Å². The van der Waals surface area contributed by atoms with Gasteiger partial charge >= 0.3 is 0 Å². The molecule has 1 aliphatic rings. The van der Waals surface area contributed by atoms with Crippen molar-refractivity contribution in [2.24, 2.45) is 0 Å². The molecule has 1 fully saturated rings. The van der Waals surface area contributed by atoms with Crippen LogP contribution in [0.5, 0.6) is 0 Å². The first-order chi connectivity index (χ1) is 6.84. The van der Waals surface area contributed by atoms with E-state index in [9.17, 15) is 4.79 Å². The van der Waals surface area contributed by atoms with Gasteiger partial charge in [-0.3, -0.25) is 4.79 Å². The highest BCUT2D eigenvalue weighted by Crippen LogP contribution is 2.24. The number of hydrogen-bond acceptors (Lipinski definition) is 3. The van der Waals surface area contributed by atoms with Gasteiger partial charge in [0.2, 0.25) is 5.91 Å². The van der Waals surface area contributed by atoms with Gasteiger partial charge in [0, 0.05) is 13.2 Å². The summed E-state index contributed by atoms with van der Waals surface area (Å²) in [5.41, 5.74) is 0. The fourth-order valence-electron chi connectivity index (χ4n) is 1.51. The van der Waals surface area contributed by atoms with Crippen LogP contribution in [-0.2, 0) is 4.79 Å². The van der Waals surface area contributed by atoms with E-state index in [0.717, 1.165) is 25.0 Å². The highest BCUT2D eigenvalue weighted by Gasteiger charge is 2.20. The maximum Gasteiger partial charge on any atom is 0.233 e. The van der Waals surface area contributed by atoms with Gasteiger partial charge in [-0.05, 0) is 31.4 Å². The van der Waals surface area contributed by atoms with Gasteiger partial charge in [-0.25, -0.2) is 0 Å². The van der Waals surface area contributed by atoms with Crippen LogP contribution in [0.2, 0.25) is 0 Å². The molecule has 0 aliphatic carbocycles. The Morgan fingerprint density at radius 2 is 2.29 bits per heavy atom.